The monoisotopic (exact) mass is 752 g/mol. The van der Waals surface area contributed by atoms with Gasteiger partial charge in [-0.2, -0.15) is 0 Å². The lowest BCUT2D eigenvalue weighted by atomic mass is 9.71. The van der Waals surface area contributed by atoms with Gasteiger partial charge in [-0.1, -0.05) is 151 Å². The summed E-state index contributed by atoms with van der Waals surface area (Å²) in [6, 6.07) is 46.5. The summed E-state index contributed by atoms with van der Waals surface area (Å²) in [4.78, 5) is 5.09. The van der Waals surface area contributed by atoms with Crippen LogP contribution in [0.5, 0.6) is 0 Å². The van der Waals surface area contributed by atoms with E-state index in [4.69, 9.17) is 0 Å². The first-order valence-corrected chi connectivity index (χ1v) is 21.4. The average molecular weight is 753 g/mol. The highest BCUT2D eigenvalue weighted by atomic mass is 15.2. The zero-order valence-corrected chi connectivity index (χ0v) is 34.8. The van der Waals surface area contributed by atoms with Crippen molar-refractivity contribution in [3.8, 4) is 22.3 Å². The van der Waals surface area contributed by atoms with E-state index >= 15 is 0 Å². The second-order valence-corrected chi connectivity index (χ2v) is 18.8. The van der Waals surface area contributed by atoms with Gasteiger partial charge in [0.05, 0.1) is 0 Å². The molecule has 11 rings (SSSR count). The van der Waals surface area contributed by atoms with E-state index in [1.807, 2.05) is 0 Å². The summed E-state index contributed by atoms with van der Waals surface area (Å²) in [5.41, 5.74) is 24.3. The van der Waals surface area contributed by atoms with Crippen molar-refractivity contribution >= 4 is 34.9 Å². The summed E-state index contributed by atoms with van der Waals surface area (Å²) in [6.45, 7) is 15.5. The van der Waals surface area contributed by atoms with Crippen LogP contribution in [0.25, 0.3) is 34.4 Å². The van der Waals surface area contributed by atoms with Gasteiger partial charge in [-0.25, -0.2) is 0 Å². The van der Waals surface area contributed by atoms with E-state index < -0.39 is 0 Å². The van der Waals surface area contributed by atoms with Crippen LogP contribution in [0.4, 0.5) is 22.7 Å². The second-order valence-electron chi connectivity index (χ2n) is 18.8. The van der Waals surface area contributed by atoms with Gasteiger partial charge in [0.2, 0.25) is 0 Å². The molecule has 0 N–H and O–H groups in total. The van der Waals surface area contributed by atoms with Gasteiger partial charge in [0.25, 0.3) is 0 Å². The van der Waals surface area contributed by atoms with Crippen LogP contribution in [0.2, 0.25) is 0 Å². The Morgan fingerprint density at radius 1 is 0.500 bits per heavy atom. The molecule has 2 heterocycles. The van der Waals surface area contributed by atoms with Gasteiger partial charge in [-0.3, -0.25) is 0 Å². The van der Waals surface area contributed by atoms with Crippen LogP contribution in [0.3, 0.4) is 0 Å². The largest absolute Gasteiger partial charge is 0.341 e. The molecule has 286 valence electrons. The van der Waals surface area contributed by atoms with E-state index in [2.05, 4.69) is 197 Å². The number of anilines is 4. The average Bonchev–Trinajstić information content (AvgIpc) is 3.61. The number of hydrogen-bond donors (Lipinski definition) is 0. The molecule has 0 saturated carbocycles. The first-order chi connectivity index (χ1) is 28.0. The van der Waals surface area contributed by atoms with E-state index in [9.17, 15) is 0 Å². The first-order valence-electron chi connectivity index (χ1n) is 21.4. The molecule has 0 saturated heterocycles. The van der Waals surface area contributed by atoms with Crippen molar-refractivity contribution < 1.29 is 0 Å². The van der Waals surface area contributed by atoms with Crippen molar-refractivity contribution in [3.05, 3.63) is 189 Å². The van der Waals surface area contributed by atoms with Crippen LogP contribution in [0.1, 0.15) is 105 Å². The molecule has 0 spiro atoms. The second kappa shape index (κ2) is 12.6. The van der Waals surface area contributed by atoms with Crippen molar-refractivity contribution in [3.63, 3.8) is 0 Å². The van der Waals surface area contributed by atoms with Crippen molar-refractivity contribution in [2.75, 3.05) is 16.3 Å². The Labute approximate surface area is 344 Å². The SMILES string of the molecule is CC1(C)C2=C(CCC=C2)N(c2ccc3c(c2)C(C)(C)c2cc(/C=C/c4ccc5c(c4)C(C)(C)c4cc(N6CCCc7ccccc76)ccc4-5)ccc2-3)c2ccccc21. The number of fused-ring (bicyclic) bond motifs is 8. The van der Waals surface area contributed by atoms with E-state index in [0.717, 1.165) is 25.8 Å². The van der Waals surface area contributed by atoms with Gasteiger partial charge >= 0.3 is 0 Å². The number of nitrogens with zero attached hydrogens (tertiary/aromatic N) is 2. The minimum absolute atomic E-state index is 0.0265. The maximum atomic E-state index is 2.57. The fraction of sp³-hybridized carbons (Fsp3) is 0.250. The minimum Gasteiger partial charge on any atom is -0.341 e. The van der Waals surface area contributed by atoms with Gasteiger partial charge in [-0.05, 0) is 134 Å². The molecular weight excluding hydrogens is 701 g/mol. The van der Waals surface area contributed by atoms with Gasteiger partial charge in [0.1, 0.15) is 0 Å². The molecule has 0 amide bonds. The highest BCUT2D eigenvalue weighted by Gasteiger charge is 2.41. The molecule has 0 fully saturated rings. The van der Waals surface area contributed by atoms with Crippen molar-refractivity contribution in [1.82, 2.24) is 0 Å². The zero-order chi connectivity index (χ0) is 39.6. The molecule has 0 atom stereocenters. The molecule has 2 heteroatoms. The smallest absolute Gasteiger partial charge is 0.0499 e. The van der Waals surface area contributed by atoms with E-state index in [1.54, 1.807) is 0 Å². The molecule has 2 aliphatic heterocycles. The minimum atomic E-state index is -0.124. The van der Waals surface area contributed by atoms with Crippen LogP contribution < -0.4 is 9.80 Å². The Morgan fingerprint density at radius 2 is 1.05 bits per heavy atom. The number of hydrogen-bond acceptors (Lipinski definition) is 2. The van der Waals surface area contributed by atoms with Crippen molar-refractivity contribution in [2.24, 2.45) is 0 Å². The fourth-order valence-corrected chi connectivity index (χ4v) is 11.2. The molecule has 3 aliphatic carbocycles. The van der Waals surface area contributed by atoms with Gasteiger partial charge in [0, 0.05) is 51.2 Å². The lowest BCUT2D eigenvalue weighted by molar-refractivity contribution is 0.603. The number of benzene rings is 6. The standard InChI is InChI=1S/C56H52N2/c1-54(2)45-16-8-11-19-52(45)58(53-20-12-9-17-46(53)54)40-26-30-44-42-28-24-37(33-48(42)56(5,6)50(44)35-40)22-21-36-23-27-41-43-29-25-39(34-49(43)55(3,4)47(41)32-36)57-31-13-15-38-14-7-10-18-51(38)57/h7-11,14,16-19,21-30,32-35H,12-13,15,20,31H2,1-6H3/b22-21+. The topological polar surface area (TPSA) is 6.48 Å². The molecule has 0 radical (unpaired) electrons. The quantitative estimate of drug-likeness (QED) is 0.166. The summed E-state index contributed by atoms with van der Waals surface area (Å²) in [7, 11) is 0. The number of allylic oxidation sites excluding steroid dienone is 4. The number of rotatable bonds is 4. The number of aryl methyl sites for hydroxylation is 1. The summed E-state index contributed by atoms with van der Waals surface area (Å²) >= 11 is 0. The Kier molecular flexibility index (Phi) is 7.65. The molecule has 5 aliphatic rings. The Bertz CT molecular complexity index is 2800. The molecule has 0 bridgehead atoms. The molecule has 2 nitrogen and oxygen atoms in total. The maximum Gasteiger partial charge on any atom is 0.0499 e. The zero-order valence-electron chi connectivity index (χ0n) is 34.8. The maximum absolute atomic E-state index is 2.57. The summed E-state index contributed by atoms with van der Waals surface area (Å²) in [6.07, 6.45) is 13.9. The molecule has 6 aromatic carbocycles. The van der Waals surface area contributed by atoms with E-state index in [-0.39, 0.29) is 16.2 Å². The van der Waals surface area contributed by atoms with E-state index in [1.165, 1.54) is 107 Å². The fourth-order valence-electron chi connectivity index (χ4n) is 11.2. The normalized spacial score (nSPS) is 18.7. The Hall–Kier alpha value is -5.86. The lowest BCUT2D eigenvalue weighted by Gasteiger charge is -2.44. The van der Waals surface area contributed by atoms with Gasteiger partial charge < -0.3 is 9.80 Å². The van der Waals surface area contributed by atoms with Crippen molar-refractivity contribution in [2.45, 2.75) is 83.5 Å². The predicted molar refractivity (Wildman–Crippen MR) is 246 cm³/mol. The highest BCUT2D eigenvalue weighted by Crippen LogP contribution is 2.55. The first kappa shape index (κ1) is 35.3. The molecule has 6 aromatic rings. The molecule has 0 unspecified atom stereocenters. The third-order valence-corrected chi connectivity index (χ3v) is 14.4. The lowest BCUT2D eigenvalue weighted by Crippen LogP contribution is -2.34. The van der Waals surface area contributed by atoms with E-state index in [0.29, 0.717) is 0 Å². The molecule has 0 aromatic heterocycles. The third-order valence-electron chi connectivity index (χ3n) is 14.4. The Morgan fingerprint density at radius 3 is 1.72 bits per heavy atom. The van der Waals surface area contributed by atoms with Crippen LogP contribution in [-0.2, 0) is 22.7 Å². The Balaban J connectivity index is 0.888. The van der Waals surface area contributed by atoms with Gasteiger partial charge in [-0.15, -0.1) is 0 Å². The van der Waals surface area contributed by atoms with Gasteiger partial charge in [0.15, 0.2) is 0 Å². The molecule has 58 heavy (non-hydrogen) atoms. The van der Waals surface area contributed by atoms with Crippen molar-refractivity contribution in [1.29, 1.82) is 0 Å². The molecular formula is C56H52N2. The summed E-state index contributed by atoms with van der Waals surface area (Å²) < 4.78 is 0. The predicted octanol–water partition coefficient (Wildman–Crippen LogP) is 14.6. The van der Waals surface area contributed by atoms with Crippen LogP contribution in [0, 0.1) is 0 Å². The summed E-state index contributed by atoms with van der Waals surface area (Å²) in [5, 5.41) is 0. The summed E-state index contributed by atoms with van der Waals surface area (Å²) in [5.74, 6) is 0. The van der Waals surface area contributed by atoms with Crippen LogP contribution in [-0.4, -0.2) is 6.54 Å². The van der Waals surface area contributed by atoms with Crippen LogP contribution in [0.15, 0.2) is 145 Å². The third kappa shape index (κ3) is 5.10. The number of para-hydroxylation sites is 2. The highest BCUT2D eigenvalue weighted by molar-refractivity contribution is 5.88. The van der Waals surface area contributed by atoms with Crippen LogP contribution >= 0.6 is 0 Å².